The van der Waals surface area contributed by atoms with Gasteiger partial charge in [-0.25, -0.2) is 4.79 Å². The molecule has 0 aliphatic rings. The zero-order valence-electron chi connectivity index (χ0n) is 10.2. The van der Waals surface area contributed by atoms with Crippen LogP contribution < -0.4 is 10.5 Å². The second kappa shape index (κ2) is 5.63. The molecule has 0 fully saturated rings. The van der Waals surface area contributed by atoms with E-state index in [1.54, 1.807) is 18.2 Å². The highest BCUT2D eigenvalue weighted by molar-refractivity contribution is 6.33. The van der Waals surface area contributed by atoms with Crippen LogP contribution in [0.4, 0.5) is 0 Å². The van der Waals surface area contributed by atoms with Crippen molar-refractivity contribution >= 4 is 23.5 Å². The minimum absolute atomic E-state index is 0.0405. The van der Waals surface area contributed by atoms with Crippen molar-refractivity contribution in [2.75, 3.05) is 0 Å². The standard InChI is InChI=1S/C14H10ClNO4/c15-9-5-3-7-11(12(9)14(18)19)20-10-6-2-1-4-8(10)13(16)17/h1-7H,(H2,16,17)(H,18,19). The Morgan fingerprint density at radius 3 is 2.35 bits per heavy atom. The molecule has 0 aromatic heterocycles. The Morgan fingerprint density at radius 1 is 1.05 bits per heavy atom. The molecule has 0 radical (unpaired) electrons. The van der Waals surface area contributed by atoms with Crippen LogP contribution in [0.15, 0.2) is 42.5 Å². The van der Waals surface area contributed by atoms with Gasteiger partial charge in [0.15, 0.2) is 0 Å². The molecule has 0 saturated carbocycles. The molecule has 0 saturated heterocycles. The Balaban J connectivity index is 2.49. The number of primary amides is 1. The molecule has 0 aliphatic heterocycles. The number of halogens is 1. The van der Waals surface area contributed by atoms with Gasteiger partial charge in [-0.05, 0) is 24.3 Å². The number of hydrogen-bond donors (Lipinski definition) is 2. The van der Waals surface area contributed by atoms with Gasteiger partial charge in [0.25, 0.3) is 5.91 Å². The van der Waals surface area contributed by atoms with Crippen molar-refractivity contribution in [3.05, 3.63) is 58.6 Å². The minimum atomic E-state index is -1.22. The molecule has 20 heavy (non-hydrogen) atoms. The fourth-order valence-corrected chi connectivity index (χ4v) is 1.92. The van der Waals surface area contributed by atoms with Crippen molar-refractivity contribution < 1.29 is 19.4 Å². The SMILES string of the molecule is NC(=O)c1ccccc1Oc1cccc(Cl)c1C(=O)O. The summed E-state index contributed by atoms with van der Waals surface area (Å²) in [6, 6.07) is 10.7. The van der Waals surface area contributed by atoms with Gasteiger partial charge in [-0.15, -0.1) is 0 Å². The van der Waals surface area contributed by atoms with Gasteiger partial charge in [0, 0.05) is 0 Å². The summed E-state index contributed by atoms with van der Waals surface area (Å²) in [5.41, 5.74) is 5.22. The van der Waals surface area contributed by atoms with E-state index in [9.17, 15) is 9.59 Å². The molecule has 3 N–H and O–H groups in total. The van der Waals surface area contributed by atoms with Gasteiger partial charge in [-0.1, -0.05) is 29.8 Å². The monoisotopic (exact) mass is 291 g/mol. The number of amides is 1. The van der Waals surface area contributed by atoms with Gasteiger partial charge in [0.05, 0.1) is 10.6 Å². The molecule has 102 valence electrons. The van der Waals surface area contributed by atoms with Crippen molar-refractivity contribution in [1.29, 1.82) is 0 Å². The molecule has 1 amide bonds. The normalized spacial score (nSPS) is 10.1. The van der Waals surface area contributed by atoms with Crippen LogP contribution in [0.3, 0.4) is 0 Å². The molecule has 0 heterocycles. The molecule has 2 aromatic carbocycles. The fraction of sp³-hybridized carbons (Fsp3) is 0. The molecular weight excluding hydrogens is 282 g/mol. The number of aromatic carboxylic acids is 1. The lowest BCUT2D eigenvalue weighted by molar-refractivity contribution is 0.0694. The molecule has 6 heteroatoms. The Kier molecular flexibility index (Phi) is 3.91. The third-order valence-electron chi connectivity index (χ3n) is 2.56. The lowest BCUT2D eigenvalue weighted by atomic mass is 10.1. The molecule has 0 atom stereocenters. The number of benzene rings is 2. The van der Waals surface area contributed by atoms with Gasteiger partial charge >= 0.3 is 5.97 Å². The Labute approximate surface area is 119 Å². The largest absolute Gasteiger partial charge is 0.478 e. The van der Waals surface area contributed by atoms with E-state index in [0.717, 1.165) is 0 Å². The summed E-state index contributed by atoms with van der Waals surface area (Å²) in [5.74, 6) is -1.68. The number of para-hydroxylation sites is 1. The summed E-state index contributed by atoms with van der Waals surface area (Å²) >= 11 is 5.84. The van der Waals surface area contributed by atoms with Crippen LogP contribution in [-0.4, -0.2) is 17.0 Å². The molecule has 0 unspecified atom stereocenters. The maximum absolute atomic E-state index is 11.3. The molecule has 2 aromatic rings. The molecule has 0 spiro atoms. The van der Waals surface area contributed by atoms with Crippen LogP contribution in [0.2, 0.25) is 5.02 Å². The number of nitrogens with two attached hydrogens (primary N) is 1. The molecule has 2 rings (SSSR count). The Morgan fingerprint density at radius 2 is 1.70 bits per heavy atom. The van der Waals surface area contributed by atoms with Crippen LogP contribution in [0, 0.1) is 0 Å². The highest BCUT2D eigenvalue weighted by atomic mass is 35.5. The number of hydrogen-bond acceptors (Lipinski definition) is 3. The van der Waals surface area contributed by atoms with E-state index in [4.69, 9.17) is 27.2 Å². The molecule has 0 bridgehead atoms. The Bertz CT molecular complexity index is 685. The summed E-state index contributed by atoms with van der Waals surface area (Å²) in [4.78, 5) is 22.5. The van der Waals surface area contributed by atoms with E-state index >= 15 is 0 Å². The second-order valence-corrected chi connectivity index (χ2v) is 4.29. The number of carboxylic acids is 1. The van der Waals surface area contributed by atoms with E-state index in [1.807, 2.05) is 0 Å². The third kappa shape index (κ3) is 2.73. The third-order valence-corrected chi connectivity index (χ3v) is 2.88. The first-order chi connectivity index (χ1) is 9.50. The zero-order chi connectivity index (χ0) is 14.7. The van der Waals surface area contributed by atoms with Crippen molar-refractivity contribution in [2.45, 2.75) is 0 Å². The summed E-state index contributed by atoms with van der Waals surface area (Å²) in [7, 11) is 0. The average Bonchev–Trinajstić information content (AvgIpc) is 2.38. The van der Waals surface area contributed by atoms with Crippen molar-refractivity contribution in [3.8, 4) is 11.5 Å². The van der Waals surface area contributed by atoms with Crippen molar-refractivity contribution in [2.24, 2.45) is 5.73 Å². The number of carboxylic acid groups (broad SMARTS) is 1. The number of ether oxygens (including phenoxy) is 1. The lowest BCUT2D eigenvalue weighted by Gasteiger charge is -2.11. The van der Waals surface area contributed by atoms with E-state index in [1.165, 1.54) is 24.3 Å². The smallest absolute Gasteiger partial charge is 0.341 e. The topological polar surface area (TPSA) is 89.6 Å². The predicted octanol–water partition coefficient (Wildman–Crippen LogP) is 2.93. The summed E-state index contributed by atoms with van der Waals surface area (Å²) in [6.45, 7) is 0. The highest BCUT2D eigenvalue weighted by Crippen LogP contribution is 2.31. The fourth-order valence-electron chi connectivity index (χ4n) is 1.67. The average molecular weight is 292 g/mol. The maximum atomic E-state index is 11.3. The summed E-state index contributed by atoms with van der Waals surface area (Å²) in [6.07, 6.45) is 0. The lowest BCUT2D eigenvalue weighted by Crippen LogP contribution is -2.12. The van der Waals surface area contributed by atoms with Gasteiger partial charge in [0.2, 0.25) is 0 Å². The molecule has 5 nitrogen and oxygen atoms in total. The van der Waals surface area contributed by atoms with Crippen LogP contribution in [0.5, 0.6) is 11.5 Å². The Hall–Kier alpha value is -2.53. The van der Waals surface area contributed by atoms with E-state index < -0.39 is 11.9 Å². The second-order valence-electron chi connectivity index (χ2n) is 3.88. The van der Waals surface area contributed by atoms with Gasteiger partial charge in [0.1, 0.15) is 17.1 Å². The molecule has 0 aliphatic carbocycles. The number of carbonyl (C=O) groups excluding carboxylic acids is 1. The molecular formula is C14H10ClNO4. The van der Waals surface area contributed by atoms with E-state index in [-0.39, 0.29) is 27.6 Å². The van der Waals surface area contributed by atoms with Crippen LogP contribution >= 0.6 is 11.6 Å². The zero-order valence-corrected chi connectivity index (χ0v) is 10.9. The number of carbonyl (C=O) groups is 2. The minimum Gasteiger partial charge on any atom is -0.478 e. The first-order valence-electron chi connectivity index (χ1n) is 5.59. The van der Waals surface area contributed by atoms with Crippen LogP contribution in [0.25, 0.3) is 0 Å². The van der Waals surface area contributed by atoms with Gasteiger partial charge in [-0.2, -0.15) is 0 Å². The first kappa shape index (κ1) is 13.9. The summed E-state index contributed by atoms with van der Waals surface area (Å²) < 4.78 is 5.48. The van der Waals surface area contributed by atoms with Crippen LogP contribution in [0.1, 0.15) is 20.7 Å². The van der Waals surface area contributed by atoms with E-state index in [0.29, 0.717) is 0 Å². The first-order valence-corrected chi connectivity index (χ1v) is 5.97. The van der Waals surface area contributed by atoms with Crippen molar-refractivity contribution in [1.82, 2.24) is 0 Å². The van der Waals surface area contributed by atoms with Crippen molar-refractivity contribution in [3.63, 3.8) is 0 Å². The number of rotatable bonds is 4. The predicted molar refractivity (Wildman–Crippen MR) is 73.4 cm³/mol. The summed E-state index contributed by atoms with van der Waals surface area (Å²) in [5, 5.41) is 9.19. The van der Waals surface area contributed by atoms with E-state index in [2.05, 4.69) is 0 Å². The highest BCUT2D eigenvalue weighted by Gasteiger charge is 2.18. The maximum Gasteiger partial charge on any atom is 0.341 e. The quantitative estimate of drug-likeness (QED) is 0.906. The van der Waals surface area contributed by atoms with Gasteiger partial charge < -0.3 is 15.6 Å². The van der Waals surface area contributed by atoms with Gasteiger partial charge in [-0.3, -0.25) is 4.79 Å². The van der Waals surface area contributed by atoms with Crippen LogP contribution in [-0.2, 0) is 0 Å².